The molecule has 0 fully saturated rings. The van der Waals surface area contributed by atoms with Crippen molar-refractivity contribution in [1.82, 2.24) is 15.0 Å². The molecule has 0 amide bonds. The number of rotatable bonds is 3. The third-order valence-corrected chi connectivity index (χ3v) is 2.76. The lowest BCUT2D eigenvalue weighted by molar-refractivity contribution is 0.632. The van der Waals surface area contributed by atoms with Gasteiger partial charge in [-0.1, -0.05) is 35.0 Å². The number of hydrogen-bond donors (Lipinski definition) is 1. The Morgan fingerprint density at radius 2 is 2.12 bits per heavy atom. The van der Waals surface area contributed by atoms with Crippen molar-refractivity contribution in [2.45, 2.75) is 20.0 Å². The molecule has 16 heavy (non-hydrogen) atoms. The van der Waals surface area contributed by atoms with Gasteiger partial charge in [0.2, 0.25) is 0 Å². The highest BCUT2D eigenvalue weighted by Gasteiger charge is 2.14. The summed E-state index contributed by atoms with van der Waals surface area (Å²) in [6.45, 7) is 3.11. The van der Waals surface area contributed by atoms with E-state index >= 15 is 0 Å². The van der Waals surface area contributed by atoms with Crippen molar-refractivity contribution >= 4 is 11.6 Å². The van der Waals surface area contributed by atoms with Gasteiger partial charge in [0.25, 0.3) is 0 Å². The lowest BCUT2D eigenvalue weighted by atomic mass is 10.1. The van der Waals surface area contributed by atoms with Crippen LogP contribution >= 0.6 is 11.6 Å². The Morgan fingerprint density at radius 1 is 1.38 bits per heavy atom. The van der Waals surface area contributed by atoms with Gasteiger partial charge in [-0.05, 0) is 13.0 Å². The van der Waals surface area contributed by atoms with Crippen molar-refractivity contribution in [2.75, 3.05) is 0 Å². The van der Waals surface area contributed by atoms with Gasteiger partial charge >= 0.3 is 0 Å². The van der Waals surface area contributed by atoms with Gasteiger partial charge < -0.3 is 5.73 Å². The van der Waals surface area contributed by atoms with Crippen molar-refractivity contribution in [1.29, 1.82) is 0 Å². The molecule has 0 bridgehead atoms. The standard InChI is InChI=1S/C11H13ClN4/c1-2-16-11(10(7-13)14-15-16)8-5-3-4-6-9(8)12/h3-6H,2,7,13H2,1H3. The number of benzene rings is 1. The summed E-state index contributed by atoms with van der Waals surface area (Å²) in [6, 6.07) is 7.64. The van der Waals surface area contributed by atoms with Gasteiger partial charge in [0.15, 0.2) is 0 Å². The molecule has 2 aromatic rings. The van der Waals surface area contributed by atoms with Crippen molar-refractivity contribution in [3.05, 3.63) is 35.0 Å². The van der Waals surface area contributed by atoms with E-state index in [0.717, 1.165) is 23.5 Å². The maximum atomic E-state index is 6.16. The molecule has 1 heterocycles. The molecule has 1 aromatic carbocycles. The average Bonchev–Trinajstić information content (AvgIpc) is 2.72. The first-order valence-corrected chi connectivity index (χ1v) is 5.53. The Kier molecular flexibility index (Phi) is 3.22. The predicted octanol–water partition coefficient (Wildman–Crippen LogP) is 2.08. The van der Waals surface area contributed by atoms with E-state index < -0.39 is 0 Å². The summed E-state index contributed by atoms with van der Waals surface area (Å²) < 4.78 is 1.81. The second-order valence-corrected chi connectivity index (χ2v) is 3.79. The van der Waals surface area contributed by atoms with E-state index in [4.69, 9.17) is 17.3 Å². The zero-order chi connectivity index (χ0) is 11.5. The first-order valence-electron chi connectivity index (χ1n) is 5.15. The summed E-state index contributed by atoms with van der Waals surface area (Å²) >= 11 is 6.16. The number of aromatic nitrogens is 3. The van der Waals surface area contributed by atoms with E-state index in [-0.39, 0.29) is 0 Å². The molecule has 5 heteroatoms. The Morgan fingerprint density at radius 3 is 2.75 bits per heavy atom. The first kappa shape index (κ1) is 11.1. The lowest BCUT2D eigenvalue weighted by Crippen LogP contribution is -2.03. The molecule has 2 N–H and O–H groups in total. The van der Waals surface area contributed by atoms with Crippen molar-refractivity contribution in [2.24, 2.45) is 5.73 Å². The van der Waals surface area contributed by atoms with Crippen LogP contribution in [0.2, 0.25) is 5.02 Å². The van der Waals surface area contributed by atoms with E-state index in [2.05, 4.69) is 10.3 Å². The minimum absolute atomic E-state index is 0.362. The minimum Gasteiger partial charge on any atom is -0.325 e. The van der Waals surface area contributed by atoms with Gasteiger partial charge in [-0.25, -0.2) is 4.68 Å². The van der Waals surface area contributed by atoms with Gasteiger partial charge in [-0.15, -0.1) is 5.10 Å². The molecule has 84 valence electrons. The second-order valence-electron chi connectivity index (χ2n) is 3.38. The zero-order valence-electron chi connectivity index (χ0n) is 9.02. The minimum atomic E-state index is 0.362. The summed E-state index contributed by atoms with van der Waals surface area (Å²) in [6.07, 6.45) is 0. The molecule has 0 saturated heterocycles. The fraction of sp³-hybridized carbons (Fsp3) is 0.273. The fourth-order valence-corrected chi connectivity index (χ4v) is 1.88. The summed E-state index contributed by atoms with van der Waals surface area (Å²) in [5.41, 5.74) is 8.26. The van der Waals surface area contributed by atoms with Crippen LogP contribution in [0.15, 0.2) is 24.3 Å². The van der Waals surface area contributed by atoms with Gasteiger partial charge in [0.1, 0.15) is 5.69 Å². The highest BCUT2D eigenvalue weighted by Crippen LogP contribution is 2.29. The molecule has 0 atom stereocenters. The molecule has 2 rings (SSSR count). The van der Waals surface area contributed by atoms with Gasteiger partial charge in [-0.2, -0.15) is 0 Å². The Labute approximate surface area is 99.0 Å². The quantitative estimate of drug-likeness (QED) is 0.888. The number of nitrogens with two attached hydrogens (primary N) is 1. The smallest absolute Gasteiger partial charge is 0.104 e. The number of hydrogen-bond acceptors (Lipinski definition) is 3. The molecule has 0 radical (unpaired) electrons. The first-order chi connectivity index (χ1) is 7.77. The summed E-state index contributed by atoms with van der Waals surface area (Å²) in [5.74, 6) is 0. The molecule has 0 aliphatic rings. The molecule has 0 saturated carbocycles. The second kappa shape index (κ2) is 4.63. The average molecular weight is 237 g/mol. The van der Waals surface area contributed by atoms with Crippen LogP contribution in [-0.2, 0) is 13.1 Å². The maximum absolute atomic E-state index is 6.16. The van der Waals surface area contributed by atoms with Crippen LogP contribution < -0.4 is 5.73 Å². The van der Waals surface area contributed by atoms with Crippen molar-refractivity contribution in [3.8, 4) is 11.3 Å². The van der Waals surface area contributed by atoms with Crippen LogP contribution in [0.5, 0.6) is 0 Å². The predicted molar refractivity (Wildman–Crippen MR) is 64.0 cm³/mol. The molecule has 1 aromatic heterocycles. The van der Waals surface area contributed by atoms with Crippen LogP contribution in [0.1, 0.15) is 12.6 Å². The molecule has 0 aliphatic heterocycles. The monoisotopic (exact) mass is 236 g/mol. The molecular formula is C11H13ClN4. The van der Waals surface area contributed by atoms with Crippen molar-refractivity contribution < 1.29 is 0 Å². The molecular weight excluding hydrogens is 224 g/mol. The van der Waals surface area contributed by atoms with E-state index in [1.165, 1.54) is 0 Å². The highest BCUT2D eigenvalue weighted by atomic mass is 35.5. The van der Waals surface area contributed by atoms with E-state index in [1.807, 2.05) is 35.9 Å². The summed E-state index contributed by atoms with van der Waals surface area (Å²) in [7, 11) is 0. The fourth-order valence-electron chi connectivity index (χ4n) is 1.66. The van der Waals surface area contributed by atoms with Gasteiger partial charge in [0.05, 0.1) is 10.7 Å². The lowest BCUT2D eigenvalue weighted by Gasteiger charge is -2.07. The van der Waals surface area contributed by atoms with Gasteiger partial charge in [0, 0.05) is 18.7 Å². The van der Waals surface area contributed by atoms with E-state index in [1.54, 1.807) is 0 Å². The summed E-state index contributed by atoms with van der Waals surface area (Å²) in [5, 5.41) is 8.79. The van der Waals surface area contributed by atoms with Crippen LogP contribution in [0.3, 0.4) is 0 Å². The molecule has 0 spiro atoms. The van der Waals surface area contributed by atoms with Crippen LogP contribution in [0.4, 0.5) is 0 Å². The van der Waals surface area contributed by atoms with Crippen LogP contribution in [-0.4, -0.2) is 15.0 Å². The number of halogens is 1. The molecule has 4 nitrogen and oxygen atoms in total. The van der Waals surface area contributed by atoms with Crippen LogP contribution in [0.25, 0.3) is 11.3 Å². The highest BCUT2D eigenvalue weighted by molar-refractivity contribution is 6.33. The number of aryl methyl sites for hydroxylation is 1. The Balaban J connectivity index is 2.62. The Bertz CT molecular complexity index is 471. The maximum Gasteiger partial charge on any atom is 0.104 e. The Hall–Kier alpha value is -1.39. The molecule has 0 unspecified atom stereocenters. The molecule has 0 aliphatic carbocycles. The normalized spacial score (nSPS) is 10.7. The van der Waals surface area contributed by atoms with E-state index in [9.17, 15) is 0 Å². The third-order valence-electron chi connectivity index (χ3n) is 2.43. The van der Waals surface area contributed by atoms with Crippen LogP contribution in [0, 0.1) is 0 Å². The number of nitrogens with zero attached hydrogens (tertiary/aromatic N) is 3. The zero-order valence-corrected chi connectivity index (χ0v) is 9.78. The largest absolute Gasteiger partial charge is 0.325 e. The topological polar surface area (TPSA) is 56.7 Å². The van der Waals surface area contributed by atoms with Gasteiger partial charge in [-0.3, -0.25) is 0 Å². The van der Waals surface area contributed by atoms with E-state index in [0.29, 0.717) is 11.6 Å². The SMILES string of the molecule is CCn1nnc(CN)c1-c1ccccc1Cl. The van der Waals surface area contributed by atoms with Crippen molar-refractivity contribution in [3.63, 3.8) is 0 Å². The third kappa shape index (κ3) is 1.81. The summed E-state index contributed by atoms with van der Waals surface area (Å²) in [4.78, 5) is 0.